The molecule has 0 bridgehead atoms. The molecule has 128 valence electrons. The quantitative estimate of drug-likeness (QED) is 0.892. The van der Waals surface area contributed by atoms with E-state index in [2.05, 4.69) is 0 Å². The monoisotopic (exact) mass is 343 g/mol. The third kappa shape index (κ3) is 5.08. The SMILES string of the molecule is CC(C)(C)OC(=O)N1CCC(O)C(Cc2ccc(F)c(Cl)c2)C1. The highest BCUT2D eigenvalue weighted by Gasteiger charge is 2.32. The van der Waals surface area contributed by atoms with Crippen LogP contribution in [0.4, 0.5) is 9.18 Å². The molecule has 0 aromatic heterocycles. The number of carbonyl (C=O) groups excluding carboxylic acids is 1. The predicted octanol–water partition coefficient (Wildman–Crippen LogP) is 3.64. The van der Waals surface area contributed by atoms with E-state index in [4.69, 9.17) is 16.3 Å². The minimum Gasteiger partial charge on any atom is -0.444 e. The van der Waals surface area contributed by atoms with Crippen molar-refractivity contribution >= 4 is 17.7 Å². The maximum Gasteiger partial charge on any atom is 0.410 e. The van der Waals surface area contributed by atoms with Gasteiger partial charge in [-0.05, 0) is 51.3 Å². The Labute approximate surface area is 141 Å². The average molecular weight is 344 g/mol. The van der Waals surface area contributed by atoms with Gasteiger partial charge in [0.2, 0.25) is 0 Å². The first-order valence-corrected chi connectivity index (χ1v) is 8.13. The van der Waals surface area contributed by atoms with E-state index in [0.717, 1.165) is 5.56 Å². The first kappa shape index (κ1) is 18.0. The van der Waals surface area contributed by atoms with Gasteiger partial charge in [-0.15, -0.1) is 0 Å². The van der Waals surface area contributed by atoms with Gasteiger partial charge in [0, 0.05) is 19.0 Å². The third-order valence-electron chi connectivity index (χ3n) is 3.83. The summed E-state index contributed by atoms with van der Waals surface area (Å²) >= 11 is 5.80. The van der Waals surface area contributed by atoms with Crippen LogP contribution in [0.3, 0.4) is 0 Å². The smallest absolute Gasteiger partial charge is 0.410 e. The van der Waals surface area contributed by atoms with E-state index in [-0.39, 0.29) is 17.0 Å². The molecule has 1 amide bonds. The van der Waals surface area contributed by atoms with Gasteiger partial charge in [0.25, 0.3) is 0 Å². The maximum absolute atomic E-state index is 13.2. The van der Waals surface area contributed by atoms with E-state index in [1.165, 1.54) is 6.07 Å². The van der Waals surface area contributed by atoms with E-state index in [9.17, 15) is 14.3 Å². The standard InChI is InChI=1S/C17H23ClFNO3/c1-17(2,3)23-16(22)20-7-6-15(21)12(10-20)8-11-4-5-14(19)13(18)9-11/h4-5,9,12,15,21H,6-8,10H2,1-3H3. The molecule has 1 aliphatic heterocycles. The van der Waals surface area contributed by atoms with Crippen LogP contribution in [-0.2, 0) is 11.2 Å². The number of ether oxygens (including phenoxy) is 1. The number of likely N-dealkylation sites (tertiary alicyclic amines) is 1. The Morgan fingerprint density at radius 3 is 2.78 bits per heavy atom. The number of carbonyl (C=O) groups is 1. The topological polar surface area (TPSA) is 49.8 Å². The van der Waals surface area contributed by atoms with Gasteiger partial charge in [-0.2, -0.15) is 0 Å². The molecule has 1 fully saturated rings. The van der Waals surface area contributed by atoms with Gasteiger partial charge in [0.15, 0.2) is 0 Å². The molecule has 1 N–H and O–H groups in total. The summed E-state index contributed by atoms with van der Waals surface area (Å²) in [7, 11) is 0. The molecule has 4 nitrogen and oxygen atoms in total. The van der Waals surface area contributed by atoms with Crippen molar-refractivity contribution in [1.29, 1.82) is 0 Å². The lowest BCUT2D eigenvalue weighted by Gasteiger charge is -2.37. The molecule has 0 saturated carbocycles. The van der Waals surface area contributed by atoms with Crippen molar-refractivity contribution in [1.82, 2.24) is 4.90 Å². The molecule has 0 spiro atoms. The van der Waals surface area contributed by atoms with E-state index >= 15 is 0 Å². The molecular weight excluding hydrogens is 321 g/mol. The Hall–Kier alpha value is -1.33. The zero-order valence-electron chi connectivity index (χ0n) is 13.7. The summed E-state index contributed by atoms with van der Waals surface area (Å²) in [5.41, 5.74) is 0.291. The summed E-state index contributed by atoms with van der Waals surface area (Å²) in [6.07, 6.45) is 0.156. The second-order valence-electron chi connectivity index (χ2n) is 7.00. The lowest BCUT2D eigenvalue weighted by molar-refractivity contribution is -0.00823. The first-order chi connectivity index (χ1) is 10.7. The molecular formula is C17H23ClFNO3. The summed E-state index contributed by atoms with van der Waals surface area (Å²) in [6, 6.07) is 4.54. The summed E-state index contributed by atoms with van der Waals surface area (Å²) in [5, 5.41) is 10.3. The van der Waals surface area contributed by atoms with Crippen molar-refractivity contribution in [2.45, 2.75) is 45.3 Å². The van der Waals surface area contributed by atoms with Crippen molar-refractivity contribution in [2.75, 3.05) is 13.1 Å². The highest BCUT2D eigenvalue weighted by atomic mass is 35.5. The highest BCUT2D eigenvalue weighted by Crippen LogP contribution is 2.25. The Balaban J connectivity index is 2.03. The molecule has 1 aromatic rings. The Kier molecular flexibility index (Phi) is 5.53. The van der Waals surface area contributed by atoms with E-state index in [1.54, 1.807) is 17.0 Å². The number of piperidine rings is 1. The molecule has 0 aliphatic carbocycles. The minimum atomic E-state index is -0.548. The number of aliphatic hydroxyl groups excluding tert-OH is 1. The summed E-state index contributed by atoms with van der Waals surface area (Å²) in [6.45, 7) is 6.34. The molecule has 1 aromatic carbocycles. The lowest BCUT2D eigenvalue weighted by Crippen LogP contribution is -2.48. The van der Waals surface area contributed by atoms with Crippen molar-refractivity contribution in [3.8, 4) is 0 Å². The van der Waals surface area contributed by atoms with Crippen LogP contribution in [0.1, 0.15) is 32.8 Å². The van der Waals surface area contributed by atoms with E-state index in [0.29, 0.717) is 25.9 Å². The fourth-order valence-corrected chi connectivity index (χ4v) is 2.89. The fraction of sp³-hybridized carbons (Fsp3) is 0.588. The van der Waals surface area contributed by atoms with Gasteiger partial charge in [-0.1, -0.05) is 17.7 Å². The number of rotatable bonds is 2. The van der Waals surface area contributed by atoms with Crippen LogP contribution in [-0.4, -0.2) is 40.9 Å². The van der Waals surface area contributed by atoms with Gasteiger partial charge in [-0.3, -0.25) is 0 Å². The van der Waals surface area contributed by atoms with Crippen LogP contribution >= 0.6 is 11.6 Å². The molecule has 2 rings (SSSR count). The van der Waals surface area contributed by atoms with Crippen molar-refractivity contribution in [3.63, 3.8) is 0 Å². The molecule has 6 heteroatoms. The first-order valence-electron chi connectivity index (χ1n) is 7.75. The van der Waals surface area contributed by atoms with Crippen LogP contribution in [0.5, 0.6) is 0 Å². The van der Waals surface area contributed by atoms with Crippen LogP contribution < -0.4 is 0 Å². The van der Waals surface area contributed by atoms with Gasteiger partial charge in [0.05, 0.1) is 11.1 Å². The van der Waals surface area contributed by atoms with Crippen LogP contribution in [0.15, 0.2) is 18.2 Å². The van der Waals surface area contributed by atoms with Crippen LogP contribution in [0.25, 0.3) is 0 Å². The predicted molar refractivity (Wildman–Crippen MR) is 87.0 cm³/mol. The van der Waals surface area contributed by atoms with E-state index in [1.807, 2.05) is 20.8 Å². The number of hydrogen-bond acceptors (Lipinski definition) is 3. The largest absolute Gasteiger partial charge is 0.444 e. The molecule has 0 radical (unpaired) electrons. The number of hydrogen-bond donors (Lipinski definition) is 1. The van der Waals surface area contributed by atoms with Crippen molar-refractivity contribution in [3.05, 3.63) is 34.6 Å². The number of nitrogens with zero attached hydrogens (tertiary/aromatic N) is 1. The summed E-state index contributed by atoms with van der Waals surface area (Å²) < 4.78 is 18.6. The van der Waals surface area contributed by atoms with Gasteiger partial charge >= 0.3 is 6.09 Å². The number of halogens is 2. The van der Waals surface area contributed by atoms with Crippen LogP contribution in [0.2, 0.25) is 5.02 Å². The van der Waals surface area contributed by atoms with Gasteiger partial charge in [-0.25, -0.2) is 9.18 Å². The average Bonchev–Trinajstić information content (AvgIpc) is 2.43. The molecule has 1 aliphatic rings. The van der Waals surface area contributed by atoms with E-state index < -0.39 is 17.5 Å². The Morgan fingerprint density at radius 2 is 2.17 bits per heavy atom. The third-order valence-corrected chi connectivity index (χ3v) is 4.12. The molecule has 1 saturated heterocycles. The molecule has 2 unspecified atom stereocenters. The fourth-order valence-electron chi connectivity index (χ4n) is 2.68. The summed E-state index contributed by atoms with van der Waals surface area (Å²) in [5.74, 6) is -0.590. The van der Waals surface area contributed by atoms with Gasteiger partial charge in [0.1, 0.15) is 11.4 Å². The second kappa shape index (κ2) is 7.05. The zero-order chi connectivity index (χ0) is 17.2. The number of benzene rings is 1. The Bertz CT molecular complexity index is 573. The normalized spacial score (nSPS) is 22.1. The number of aliphatic hydroxyl groups is 1. The zero-order valence-corrected chi connectivity index (χ0v) is 14.4. The molecule has 1 heterocycles. The summed E-state index contributed by atoms with van der Waals surface area (Å²) in [4.78, 5) is 13.8. The highest BCUT2D eigenvalue weighted by molar-refractivity contribution is 6.30. The lowest BCUT2D eigenvalue weighted by atomic mass is 9.89. The molecule has 23 heavy (non-hydrogen) atoms. The van der Waals surface area contributed by atoms with Crippen molar-refractivity contribution in [2.24, 2.45) is 5.92 Å². The maximum atomic E-state index is 13.2. The number of amides is 1. The van der Waals surface area contributed by atoms with Crippen LogP contribution in [0, 0.1) is 11.7 Å². The molecule has 2 atom stereocenters. The van der Waals surface area contributed by atoms with Crippen molar-refractivity contribution < 1.29 is 19.0 Å². The second-order valence-corrected chi connectivity index (χ2v) is 7.40. The van der Waals surface area contributed by atoms with Gasteiger partial charge < -0.3 is 14.7 Å². The minimum absolute atomic E-state index is 0.0665. The Morgan fingerprint density at radius 1 is 1.48 bits per heavy atom.